The van der Waals surface area contributed by atoms with Crippen LogP contribution in [-0.2, 0) is 11.0 Å². The molecule has 1 saturated heterocycles. The Morgan fingerprint density at radius 2 is 1.80 bits per heavy atom. The fourth-order valence-electron chi connectivity index (χ4n) is 5.27. The van der Waals surface area contributed by atoms with E-state index in [0.29, 0.717) is 6.07 Å². The second kappa shape index (κ2) is 10.3. The lowest BCUT2D eigenvalue weighted by atomic mass is 9.86. The number of alkyl halides is 6. The molecule has 220 valence electrons. The lowest BCUT2D eigenvalue weighted by Crippen LogP contribution is -2.43. The Kier molecular flexibility index (Phi) is 7.28. The van der Waals surface area contributed by atoms with Crippen molar-refractivity contribution in [2.75, 3.05) is 18.8 Å². The molecule has 1 saturated carbocycles. The largest absolute Gasteiger partial charge is 0.418 e. The first kappa shape index (κ1) is 28.9. The van der Waals surface area contributed by atoms with Gasteiger partial charge in [0.05, 0.1) is 34.4 Å². The minimum absolute atomic E-state index is 0.0364. The summed E-state index contributed by atoms with van der Waals surface area (Å²) in [4.78, 5) is 30.6. The van der Waals surface area contributed by atoms with Gasteiger partial charge in [0.1, 0.15) is 23.8 Å². The highest BCUT2D eigenvalue weighted by Gasteiger charge is 2.43. The molecule has 2 aliphatic rings. The van der Waals surface area contributed by atoms with Gasteiger partial charge in [0.15, 0.2) is 5.82 Å². The fourth-order valence-corrected chi connectivity index (χ4v) is 5.50. The van der Waals surface area contributed by atoms with Crippen molar-refractivity contribution in [2.24, 2.45) is 5.92 Å². The molecule has 3 N–H and O–H groups in total. The average Bonchev–Trinajstić information content (AvgIpc) is 3.45. The standard InChI is InChI=1S/C25H22ClF7N6O2/c26-15-7-16(27)13(19-6-14(25(31,32)33)20-21(34)35-10-36-39(19)20)5-12(15)22(40)37-18-9-38(8-17(18)28)23(41)11-1-3-24(29,30)4-2-11/h5-7,10-11,17-18H,1-4,8-9H2,(H,37,40)(H2,34,35,36)/t17-,18+/m0/s1. The highest BCUT2D eigenvalue weighted by atomic mass is 35.5. The molecule has 16 heteroatoms. The summed E-state index contributed by atoms with van der Waals surface area (Å²) in [5.41, 5.74) is 2.53. The maximum Gasteiger partial charge on any atom is 0.418 e. The highest BCUT2D eigenvalue weighted by Crippen LogP contribution is 2.40. The Bertz CT molecular complexity index is 1520. The summed E-state index contributed by atoms with van der Waals surface area (Å²) in [6.07, 6.45) is -6.68. The number of carbonyl (C=O) groups is 2. The van der Waals surface area contributed by atoms with Crippen molar-refractivity contribution in [3.63, 3.8) is 0 Å². The molecule has 8 nitrogen and oxygen atoms in total. The van der Waals surface area contributed by atoms with Crippen LogP contribution in [0.15, 0.2) is 24.5 Å². The summed E-state index contributed by atoms with van der Waals surface area (Å²) in [5.74, 6) is -6.56. The molecule has 5 rings (SSSR count). The predicted molar refractivity (Wildman–Crippen MR) is 132 cm³/mol. The van der Waals surface area contributed by atoms with E-state index in [0.717, 1.165) is 27.9 Å². The van der Waals surface area contributed by atoms with Gasteiger partial charge in [-0.3, -0.25) is 9.59 Å². The second-order valence-electron chi connectivity index (χ2n) is 10.1. The second-order valence-corrected chi connectivity index (χ2v) is 10.5. The number of amides is 2. The first-order valence-electron chi connectivity index (χ1n) is 12.5. The molecule has 0 spiro atoms. The zero-order valence-corrected chi connectivity index (χ0v) is 21.7. The normalized spacial score (nSPS) is 21.4. The van der Waals surface area contributed by atoms with E-state index in [2.05, 4.69) is 15.4 Å². The summed E-state index contributed by atoms with van der Waals surface area (Å²) >= 11 is 6.08. The molecule has 3 heterocycles. The van der Waals surface area contributed by atoms with Crippen LogP contribution in [0.2, 0.25) is 5.02 Å². The van der Waals surface area contributed by atoms with Crippen molar-refractivity contribution in [3.8, 4) is 11.3 Å². The molecular formula is C25H22ClF7N6O2. The topological polar surface area (TPSA) is 106 Å². The average molecular weight is 607 g/mol. The number of hydrogen-bond acceptors (Lipinski definition) is 5. The van der Waals surface area contributed by atoms with Crippen LogP contribution in [0.1, 0.15) is 41.6 Å². The third-order valence-electron chi connectivity index (χ3n) is 7.41. The molecule has 2 atom stereocenters. The Labute approximate surface area is 232 Å². The Morgan fingerprint density at radius 1 is 1.12 bits per heavy atom. The zero-order chi connectivity index (χ0) is 29.9. The van der Waals surface area contributed by atoms with E-state index in [1.165, 1.54) is 0 Å². The van der Waals surface area contributed by atoms with E-state index >= 15 is 4.39 Å². The van der Waals surface area contributed by atoms with Gasteiger partial charge in [-0.2, -0.15) is 18.3 Å². The third kappa shape index (κ3) is 5.51. The molecule has 0 bridgehead atoms. The van der Waals surface area contributed by atoms with Gasteiger partial charge in [0.25, 0.3) is 5.91 Å². The van der Waals surface area contributed by atoms with E-state index < -0.39 is 93.9 Å². The van der Waals surface area contributed by atoms with Gasteiger partial charge in [-0.05, 0) is 31.0 Å². The highest BCUT2D eigenvalue weighted by molar-refractivity contribution is 6.34. The number of likely N-dealkylation sites (tertiary alicyclic amines) is 1. The molecular weight excluding hydrogens is 585 g/mol. The van der Waals surface area contributed by atoms with Crippen molar-refractivity contribution in [3.05, 3.63) is 46.5 Å². The molecule has 1 aliphatic carbocycles. The molecule has 1 aromatic carbocycles. The van der Waals surface area contributed by atoms with Crippen LogP contribution in [0.5, 0.6) is 0 Å². The maximum atomic E-state index is 15.0. The molecule has 0 radical (unpaired) electrons. The van der Waals surface area contributed by atoms with Crippen LogP contribution < -0.4 is 11.1 Å². The minimum Gasteiger partial charge on any atom is -0.382 e. The number of aromatic nitrogens is 3. The van der Waals surface area contributed by atoms with Crippen LogP contribution in [0, 0.1) is 11.7 Å². The SMILES string of the molecule is Nc1ncnn2c(-c3cc(C(=O)N[C@@H]4CN(C(=O)C5CCC(F)(F)CC5)C[C@@H]4F)c(Cl)cc3F)cc(C(F)(F)F)c12. The van der Waals surface area contributed by atoms with E-state index in [-0.39, 0.29) is 31.5 Å². The van der Waals surface area contributed by atoms with Crippen LogP contribution >= 0.6 is 11.6 Å². The first-order chi connectivity index (χ1) is 19.2. The third-order valence-corrected chi connectivity index (χ3v) is 7.72. The number of rotatable bonds is 4. The summed E-state index contributed by atoms with van der Waals surface area (Å²) < 4.78 is 98.6. The number of nitrogens with one attached hydrogen (secondary N) is 1. The zero-order valence-electron chi connectivity index (χ0n) is 21.0. The summed E-state index contributed by atoms with van der Waals surface area (Å²) in [7, 11) is 0. The number of hydrogen-bond donors (Lipinski definition) is 2. The number of nitrogens with two attached hydrogens (primary N) is 1. The first-order valence-corrected chi connectivity index (χ1v) is 12.8. The molecule has 2 amide bonds. The van der Waals surface area contributed by atoms with E-state index in [1.807, 2.05) is 0 Å². The van der Waals surface area contributed by atoms with E-state index in [4.69, 9.17) is 17.3 Å². The number of nitrogen functional groups attached to an aromatic ring is 1. The molecule has 0 unspecified atom stereocenters. The number of carbonyl (C=O) groups excluding carboxylic acids is 2. The summed E-state index contributed by atoms with van der Waals surface area (Å²) in [6.45, 7) is -0.602. The molecule has 2 aromatic heterocycles. The lowest BCUT2D eigenvalue weighted by Gasteiger charge is -2.30. The van der Waals surface area contributed by atoms with Gasteiger partial charge < -0.3 is 16.0 Å². The van der Waals surface area contributed by atoms with E-state index in [1.54, 1.807) is 0 Å². The van der Waals surface area contributed by atoms with Gasteiger partial charge >= 0.3 is 6.18 Å². The van der Waals surface area contributed by atoms with Crippen LogP contribution in [0.4, 0.5) is 36.6 Å². The number of halogens is 8. The van der Waals surface area contributed by atoms with Crippen molar-refractivity contribution in [2.45, 2.75) is 50.0 Å². The van der Waals surface area contributed by atoms with Crippen molar-refractivity contribution >= 4 is 34.7 Å². The summed E-state index contributed by atoms with van der Waals surface area (Å²) in [5, 5.41) is 5.74. The number of nitrogens with zero attached hydrogens (tertiary/aromatic N) is 4. The molecule has 2 fully saturated rings. The fraction of sp³-hybridized carbons (Fsp3) is 0.440. The van der Waals surface area contributed by atoms with Crippen molar-refractivity contribution in [1.82, 2.24) is 24.8 Å². The number of benzene rings is 1. The van der Waals surface area contributed by atoms with Gasteiger partial charge in [-0.15, -0.1) is 0 Å². The quantitative estimate of drug-likeness (QED) is 0.412. The van der Waals surface area contributed by atoms with Gasteiger partial charge in [-0.1, -0.05) is 11.6 Å². The summed E-state index contributed by atoms with van der Waals surface area (Å²) in [6, 6.07) is 1.03. The molecule has 41 heavy (non-hydrogen) atoms. The van der Waals surface area contributed by atoms with Crippen molar-refractivity contribution < 1.29 is 40.3 Å². The minimum atomic E-state index is -4.90. The number of fused-ring (bicyclic) bond motifs is 1. The lowest BCUT2D eigenvalue weighted by molar-refractivity contribution is -0.139. The Morgan fingerprint density at radius 3 is 2.46 bits per heavy atom. The molecule has 1 aliphatic heterocycles. The van der Waals surface area contributed by atoms with Gasteiger partial charge in [-0.25, -0.2) is 27.1 Å². The Balaban J connectivity index is 1.39. The molecule has 3 aromatic rings. The number of anilines is 1. The maximum absolute atomic E-state index is 15.0. The van der Waals surface area contributed by atoms with Crippen molar-refractivity contribution in [1.29, 1.82) is 0 Å². The monoisotopic (exact) mass is 606 g/mol. The predicted octanol–water partition coefficient (Wildman–Crippen LogP) is 4.89. The van der Waals surface area contributed by atoms with Crippen LogP contribution in [-0.4, -0.2) is 62.5 Å². The van der Waals surface area contributed by atoms with Gasteiger partial charge in [0.2, 0.25) is 11.8 Å². The smallest absolute Gasteiger partial charge is 0.382 e. The van der Waals surface area contributed by atoms with Crippen LogP contribution in [0.25, 0.3) is 16.8 Å². The van der Waals surface area contributed by atoms with E-state index in [9.17, 15) is 35.9 Å². The Hall–Kier alpha value is -3.62. The van der Waals surface area contributed by atoms with Crippen LogP contribution in [0.3, 0.4) is 0 Å². The van der Waals surface area contributed by atoms with Gasteiger partial charge in [0, 0.05) is 30.9 Å².